The van der Waals surface area contributed by atoms with Gasteiger partial charge >= 0.3 is 17.9 Å². The molecule has 6 nitrogen and oxygen atoms in total. The molecule has 0 spiro atoms. The number of hydrogen-bond donors (Lipinski definition) is 0. The number of unbranched alkanes of at least 4 members (excludes halogenated alkanes) is 17. The molecular weight excluding hydrogens is 841 g/mol. The van der Waals surface area contributed by atoms with Gasteiger partial charge < -0.3 is 14.2 Å². The highest BCUT2D eigenvalue weighted by atomic mass is 16.6. The number of hydrogen-bond acceptors (Lipinski definition) is 6. The summed E-state index contributed by atoms with van der Waals surface area (Å²) in [7, 11) is 0. The highest BCUT2D eigenvalue weighted by Crippen LogP contribution is 2.13. The van der Waals surface area contributed by atoms with Gasteiger partial charge in [0.2, 0.25) is 0 Å². The number of esters is 3. The highest BCUT2D eigenvalue weighted by Gasteiger charge is 2.19. The van der Waals surface area contributed by atoms with Crippen LogP contribution in [-0.2, 0) is 28.6 Å². The van der Waals surface area contributed by atoms with Crippen LogP contribution in [0.2, 0.25) is 0 Å². The van der Waals surface area contributed by atoms with E-state index >= 15 is 0 Å². The number of allylic oxidation sites excluding steroid dienone is 20. The molecule has 0 N–H and O–H groups in total. The fourth-order valence-electron chi connectivity index (χ4n) is 7.12. The molecule has 0 aliphatic heterocycles. The van der Waals surface area contributed by atoms with E-state index in [1.807, 2.05) is 12.2 Å². The first-order valence-corrected chi connectivity index (χ1v) is 27.5. The van der Waals surface area contributed by atoms with Crippen LogP contribution in [0.1, 0.15) is 233 Å². The van der Waals surface area contributed by atoms with Crippen LogP contribution >= 0.6 is 0 Å². The van der Waals surface area contributed by atoms with Crippen LogP contribution in [0.4, 0.5) is 0 Å². The Morgan fingerprint density at radius 2 is 0.603 bits per heavy atom. The minimum Gasteiger partial charge on any atom is -0.462 e. The maximum atomic E-state index is 12.8. The Kier molecular flexibility index (Phi) is 52.0. The summed E-state index contributed by atoms with van der Waals surface area (Å²) in [5.41, 5.74) is 0. The molecule has 1 unspecified atom stereocenters. The molecule has 0 amide bonds. The van der Waals surface area contributed by atoms with Crippen molar-refractivity contribution in [2.75, 3.05) is 13.2 Å². The molecule has 384 valence electrons. The Morgan fingerprint density at radius 3 is 1.00 bits per heavy atom. The lowest BCUT2D eigenvalue weighted by atomic mass is 10.1. The van der Waals surface area contributed by atoms with Crippen LogP contribution < -0.4 is 0 Å². The third-order valence-electron chi connectivity index (χ3n) is 11.2. The minimum absolute atomic E-state index is 0.112. The van der Waals surface area contributed by atoms with E-state index < -0.39 is 6.10 Å². The number of rotatable bonds is 48. The second-order valence-corrected chi connectivity index (χ2v) is 17.7. The molecule has 0 saturated heterocycles. The Hall–Kier alpha value is -4.19. The van der Waals surface area contributed by atoms with Gasteiger partial charge in [0.05, 0.1) is 0 Å². The first kappa shape index (κ1) is 63.8. The smallest absolute Gasteiger partial charge is 0.306 e. The summed E-state index contributed by atoms with van der Waals surface area (Å²) >= 11 is 0. The van der Waals surface area contributed by atoms with E-state index in [1.54, 1.807) is 0 Å². The average Bonchev–Trinajstić information content (AvgIpc) is 3.34. The number of carbonyl (C=O) groups excluding carboxylic acids is 3. The summed E-state index contributed by atoms with van der Waals surface area (Å²) in [6, 6.07) is 0. The second kappa shape index (κ2) is 55.4. The Morgan fingerprint density at radius 1 is 0.309 bits per heavy atom. The molecule has 0 aliphatic rings. The topological polar surface area (TPSA) is 78.9 Å². The molecule has 0 aromatic rings. The van der Waals surface area contributed by atoms with Gasteiger partial charge in [0.15, 0.2) is 6.10 Å². The maximum Gasteiger partial charge on any atom is 0.306 e. The standard InChI is InChI=1S/C62H100O6/c1-4-7-10-13-16-19-22-25-27-28-29-30-31-32-33-34-35-38-40-43-46-49-52-55-61(64)67-58-59(57-66-60(63)54-51-48-45-42-39-36-24-21-18-15-12-9-6-3)68-62(65)56-53-50-47-44-41-37-26-23-20-17-14-11-8-5-2/h7,9-10,12,16,18-19,21,23,25-27,29-30,32-33,36,39,45,48,59H,4-6,8,11,13-15,17,20,22,24,28,31,34-35,37-38,40-44,46-47,49-58H2,1-3H3/b10-7-,12-9-,19-16-,21-18-,26-23-,27-25-,30-29-,33-32-,39-36-,48-45-. The third-order valence-corrected chi connectivity index (χ3v) is 11.2. The summed E-state index contributed by atoms with van der Waals surface area (Å²) in [6.45, 7) is 6.31. The lowest BCUT2D eigenvalue weighted by Crippen LogP contribution is -2.30. The van der Waals surface area contributed by atoms with E-state index in [4.69, 9.17) is 14.2 Å². The zero-order valence-corrected chi connectivity index (χ0v) is 43.8. The van der Waals surface area contributed by atoms with Crippen molar-refractivity contribution in [2.24, 2.45) is 0 Å². The van der Waals surface area contributed by atoms with Gasteiger partial charge in [-0.2, -0.15) is 0 Å². The van der Waals surface area contributed by atoms with Gasteiger partial charge in [0.1, 0.15) is 13.2 Å². The van der Waals surface area contributed by atoms with Gasteiger partial charge in [-0.05, 0) is 116 Å². The van der Waals surface area contributed by atoms with Gasteiger partial charge in [-0.3, -0.25) is 14.4 Å². The molecule has 0 rings (SSSR count). The predicted octanol–water partition coefficient (Wildman–Crippen LogP) is 18.5. The summed E-state index contributed by atoms with van der Waals surface area (Å²) in [5.74, 6) is -1.02. The molecule has 0 bridgehead atoms. The second-order valence-electron chi connectivity index (χ2n) is 17.7. The van der Waals surface area contributed by atoms with Crippen molar-refractivity contribution in [1.82, 2.24) is 0 Å². The lowest BCUT2D eigenvalue weighted by Gasteiger charge is -2.18. The van der Waals surface area contributed by atoms with E-state index in [9.17, 15) is 14.4 Å². The molecule has 0 aliphatic carbocycles. The van der Waals surface area contributed by atoms with Crippen molar-refractivity contribution in [1.29, 1.82) is 0 Å². The molecule has 0 aromatic heterocycles. The third kappa shape index (κ3) is 52.8. The quantitative estimate of drug-likeness (QED) is 0.0262. The van der Waals surface area contributed by atoms with Crippen LogP contribution in [0.25, 0.3) is 0 Å². The van der Waals surface area contributed by atoms with Crippen molar-refractivity contribution in [3.05, 3.63) is 122 Å². The zero-order valence-electron chi connectivity index (χ0n) is 43.8. The lowest BCUT2D eigenvalue weighted by molar-refractivity contribution is -0.166. The van der Waals surface area contributed by atoms with E-state index in [0.717, 1.165) is 116 Å². The molecule has 0 saturated carbocycles. The fraction of sp³-hybridized carbons (Fsp3) is 0.629. The Balaban J connectivity index is 4.44. The van der Waals surface area contributed by atoms with E-state index in [-0.39, 0.29) is 37.5 Å². The number of ether oxygens (including phenoxy) is 3. The minimum atomic E-state index is -0.819. The van der Waals surface area contributed by atoms with Crippen molar-refractivity contribution < 1.29 is 28.6 Å². The largest absolute Gasteiger partial charge is 0.462 e. The van der Waals surface area contributed by atoms with Gasteiger partial charge in [0.25, 0.3) is 0 Å². The SMILES string of the molecule is CC/C=C\C/C=C\C/C=C\C/C=C\C/C=C\CCCCCCCCCC(=O)OCC(COC(=O)CC/C=C\C/C=C\C/C=C\C/C=C\CC)OC(=O)CCCCCCC/C=C\CCCCCCC. The maximum absolute atomic E-state index is 12.8. The van der Waals surface area contributed by atoms with Gasteiger partial charge in [-0.15, -0.1) is 0 Å². The van der Waals surface area contributed by atoms with Crippen molar-refractivity contribution in [3.63, 3.8) is 0 Å². The van der Waals surface area contributed by atoms with Crippen LogP contribution in [0.5, 0.6) is 0 Å². The molecule has 6 heteroatoms. The van der Waals surface area contributed by atoms with Gasteiger partial charge in [0, 0.05) is 19.3 Å². The fourth-order valence-corrected chi connectivity index (χ4v) is 7.12. The normalized spacial score (nSPS) is 13.0. The van der Waals surface area contributed by atoms with Crippen LogP contribution in [0.3, 0.4) is 0 Å². The Labute approximate surface area is 418 Å². The first-order chi connectivity index (χ1) is 33.5. The van der Waals surface area contributed by atoms with E-state index in [1.165, 1.54) is 70.6 Å². The molecule has 0 fully saturated rings. The summed E-state index contributed by atoms with van der Waals surface area (Å²) < 4.78 is 16.7. The molecular formula is C62H100O6. The molecule has 1 atom stereocenters. The molecule has 0 heterocycles. The zero-order chi connectivity index (χ0) is 49.3. The van der Waals surface area contributed by atoms with Crippen LogP contribution in [-0.4, -0.2) is 37.2 Å². The summed E-state index contributed by atoms with van der Waals surface area (Å²) in [4.78, 5) is 38.0. The van der Waals surface area contributed by atoms with Crippen molar-refractivity contribution in [2.45, 2.75) is 239 Å². The van der Waals surface area contributed by atoms with E-state index in [0.29, 0.717) is 19.3 Å². The van der Waals surface area contributed by atoms with Crippen LogP contribution in [0, 0.1) is 0 Å². The predicted molar refractivity (Wildman–Crippen MR) is 293 cm³/mol. The van der Waals surface area contributed by atoms with Crippen molar-refractivity contribution >= 4 is 17.9 Å². The van der Waals surface area contributed by atoms with Gasteiger partial charge in [-0.25, -0.2) is 0 Å². The Bertz CT molecular complexity index is 1450. The highest BCUT2D eigenvalue weighted by molar-refractivity contribution is 5.71. The molecule has 0 radical (unpaired) electrons. The summed E-state index contributed by atoms with van der Waals surface area (Å²) in [6.07, 6.45) is 76.3. The van der Waals surface area contributed by atoms with Crippen LogP contribution in [0.15, 0.2) is 122 Å². The number of carbonyl (C=O) groups is 3. The molecule has 68 heavy (non-hydrogen) atoms. The summed E-state index contributed by atoms with van der Waals surface area (Å²) in [5, 5.41) is 0. The average molecular weight is 941 g/mol. The first-order valence-electron chi connectivity index (χ1n) is 27.5. The van der Waals surface area contributed by atoms with Crippen molar-refractivity contribution in [3.8, 4) is 0 Å². The van der Waals surface area contributed by atoms with Gasteiger partial charge in [-0.1, -0.05) is 219 Å². The van der Waals surface area contributed by atoms with E-state index in [2.05, 4.69) is 130 Å². The monoisotopic (exact) mass is 941 g/mol. The molecule has 0 aromatic carbocycles.